The first-order valence-corrected chi connectivity index (χ1v) is 10.9. The summed E-state index contributed by atoms with van der Waals surface area (Å²) in [7, 11) is 1.37. The van der Waals surface area contributed by atoms with Gasteiger partial charge in [0.15, 0.2) is 0 Å². The van der Waals surface area contributed by atoms with E-state index in [0.717, 1.165) is 28.8 Å². The maximum absolute atomic E-state index is 13.6. The van der Waals surface area contributed by atoms with Crippen LogP contribution in [0.5, 0.6) is 0 Å². The highest BCUT2D eigenvalue weighted by molar-refractivity contribution is 7.99. The van der Waals surface area contributed by atoms with Gasteiger partial charge in [0.2, 0.25) is 5.91 Å². The number of alkyl halides is 3. The van der Waals surface area contributed by atoms with E-state index in [-0.39, 0.29) is 28.3 Å². The van der Waals surface area contributed by atoms with Gasteiger partial charge in [0, 0.05) is 28.1 Å². The molecule has 3 aromatic rings. The predicted molar refractivity (Wildman–Crippen MR) is 123 cm³/mol. The topological polar surface area (TPSA) is 92.5 Å². The van der Waals surface area contributed by atoms with E-state index in [1.807, 2.05) is 0 Å². The van der Waals surface area contributed by atoms with Gasteiger partial charge < -0.3 is 16.0 Å². The van der Waals surface area contributed by atoms with Crippen molar-refractivity contribution in [2.75, 3.05) is 18.9 Å². The summed E-state index contributed by atoms with van der Waals surface area (Å²) in [5.41, 5.74) is 4.07. The number of nitrogens with zero attached hydrogens (tertiary/aromatic N) is 1. The van der Waals surface area contributed by atoms with Crippen LogP contribution in [0.25, 0.3) is 0 Å². The van der Waals surface area contributed by atoms with Gasteiger partial charge in [-0.2, -0.15) is 13.2 Å². The summed E-state index contributed by atoms with van der Waals surface area (Å²) in [6.07, 6.45) is -4.69. The molecule has 0 spiro atoms. The van der Waals surface area contributed by atoms with Crippen LogP contribution in [-0.4, -0.2) is 36.2 Å². The van der Waals surface area contributed by atoms with Gasteiger partial charge in [-0.25, -0.2) is 4.39 Å². The monoisotopic (exact) mass is 505 g/mol. The minimum atomic E-state index is -4.69. The fraction of sp³-hybridized carbons (Fsp3) is 0.125. The number of nitrogens with one attached hydrogen (secondary N) is 1. The summed E-state index contributed by atoms with van der Waals surface area (Å²) in [5, 5.41) is 2.49. The van der Waals surface area contributed by atoms with Crippen LogP contribution in [0, 0.1) is 5.82 Å². The molecule has 0 aliphatic rings. The molecule has 3 N–H and O–H groups in total. The highest BCUT2D eigenvalue weighted by Crippen LogP contribution is 2.36. The van der Waals surface area contributed by atoms with Crippen molar-refractivity contribution in [3.05, 3.63) is 89.2 Å². The number of amides is 3. The van der Waals surface area contributed by atoms with E-state index in [1.54, 1.807) is 6.07 Å². The van der Waals surface area contributed by atoms with Crippen LogP contribution in [0.3, 0.4) is 0 Å². The Hall–Kier alpha value is -3.86. The highest BCUT2D eigenvalue weighted by atomic mass is 32.2. The van der Waals surface area contributed by atoms with Gasteiger partial charge in [0.1, 0.15) is 5.82 Å². The summed E-state index contributed by atoms with van der Waals surface area (Å²) in [6, 6.07) is 13.8. The van der Waals surface area contributed by atoms with Crippen LogP contribution in [-0.2, 0) is 11.0 Å². The number of rotatable bonds is 7. The number of nitrogens with two attached hydrogens (primary N) is 1. The first-order valence-electron chi connectivity index (χ1n) is 10.0. The lowest BCUT2D eigenvalue weighted by atomic mass is 10.1. The predicted octanol–water partition coefficient (Wildman–Crippen LogP) is 4.81. The number of likely N-dealkylation sites (N-methyl/N-ethyl adjacent to an activating group) is 1. The van der Waals surface area contributed by atoms with Gasteiger partial charge in [-0.15, -0.1) is 0 Å². The molecule has 0 aliphatic carbocycles. The Morgan fingerprint density at radius 1 is 1.00 bits per heavy atom. The number of carbonyl (C=O) groups is 3. The fourth-order valence-corrected chi connectivity index (χ4v) is 4.05. The molecule has 3 rings (SSSR count). The summed E-state index contributed by atoms with van der Waals surface area (Å²) in [6.45, 7) is -0.319. The average molecular weight is 505 g/mol. The van der Waals surface area contributed by atoms with E-state index in [2.05, 4.69) is 5.32 Å². The fourth-order valence-electron chi connectivity index (χ4n) is 3.08. The van der Waals surface area contributed by atoms with E-state index in [0.29, 0.717) is 11.0 Å². The Labute approximate surface area is 202 Å². The molecule has 35 heavy (non-hydrogen) atoms. The number of benzene rings is 3. The molecule has 0 heterocycles. The number of anilines is 1. The minimum absolute atomic E-state index is 0.130. The summed E-state index contributed by atoms with van der Waals surface area (Å²) < 4.78 is 53.5. The third kappa shape index (κ3) is 6.82. The SMILES string of the molecule is CN(CC(N)=O)C(=O)c1cccc(NC(=O)c2cc(C(F)(F)F)ccc2Sc2cccc(F)c2)c1. The van der Waals surface area contributed by atoms with E-state index < -0.39 is 35.3 Å². The lowest BCUT2D eigenvalue weighted by Crippen LogP contribution is -2.35. The summed E-state index contributed by atoms with van der Waals surface area (Å²) >= 11 is 0.932. The molecule has 0 unspecified atom stereocenters. The molecule has 0 saturated heterocycles. The summed E-state index contributed by atoms with van der Waals surface area (Å²) in [4.78, 5) is 38.2. The molecule has 0 aromatic heterocycles. The molecule has 0 bridgehead atoms. The first-order chi connectivity index (χ1) is 16.4. The van der Waals surface area contributed by atoms with Crippen LogP contribution in [0.1, 0.15) is 26.3 Å². The molecule has 0 aliphatic heterocycles. The van der Waals surface area contributed by atoms with Crippen molar-refractivity contribution in [2.24, 2.45) is 5.73 Å². The molecule has 0 fully saturated rings. The second kappa shape index (κ2) is 10.6. The molecular formula is C24H19F4N3O3S. The molecule has 3 aromatic carbocycles. The highest BCUT2D eigenvalue weighted by Gasteiger charge is 2.32. The Balaban J connectivity index is 1.91. The van der Waals surface area contributed by atoms with E-state index in [1.165, 1.54) is 49.5 Å². The number of hydrogen-bond donors (Lipinski definition) is 2. The van der Waals surface area contributed by atoms with Gasteiger partial charge >= 0.3 is 6.18 Å². The van der Waals surface area contributed by atoms with Crippen molar-refractivity contribution in [3.63, 3.8) is 0 Å². The lowest BCUT2D eigenvalue weighted by Gasteiger charge is -2.16. The second-order valence-electron chi connectivity index (χ2n) is 7.43. The molecular weight excluding hydrogens is 486 g/mol. The standard InChI is InChI=1S/C24H19F4N3O3S/c1-31(13-21(29)32)23(34)14-4-2-6-17(10-14)30-22(33)19-11-15(24(26,27)28)8-9-20(19)35-18-7-3-5-16(25)12-18/h2-12H,13H2,1H3,(H2,29,32)(H,30,33). The number of hydrogen-bond acceptors (Lipinski definition) is 4. The average Bonchev–Trinajstić information content (AvgIpc) is 2.77. The molecule has 0 saturated carbocycles. The molecule has 3 amide bonds. The Morgan fingerprint density at radius 3 is 2.37 bits per heavy atom. The quantitative estimate of drug-likeness (QED) is 0.451. The third-order valence-corrected chi connectivity index (χ3v) is 5.75. The van der Waals surface area contributed by atoms with E-state index in [9.17, 15) is 31.9 Å². The van der Waals surface area contributed by atoms with Crippen LogP contribution in [0.4, 0.5) is 23.2 Å². The Bertz CT molecular complexity index is 1280. The third-order valence-electron chi connectivity index (χ3n) is 4.68. The van der Waals surface area contributed by atoms with E-state index >= 15 is 0 Å². The smallest absolute Gasteiger partial charge is 0.368 e. The van der Waals surface area contributed by atoms with Crippen molar-refractivity contribution in [1.29, 1.82) is 0 Å². The van der Waals surface area contributed by atoms with Gasteiger partial charge in [-0.05, 0) is 54.6 Å². The number of primary amides is 1. The van der Waals surface area contributed by atoms with Crippen LogP contribution in [0.2, 0.25) is 0 Å². The second-order valence-corrected chi connectivity index (χ2v) is 8.55. The van der Waals surface area contributed by atoms with Gasteiger partial charge in [0.25, 0.3) is 11.8 Å². The van der Waals surface area contributed by atoms with Crippen molar-refractivity contribution < 1.29 is 31.9 Å². The molecule has 182 valence electrons. The summed E-state index contributed by atoms with van der Waals surface area (Å²) in [5.74, 6) is -2.64. The molecule has 6 nitrogen and oxygen atoms in total. The minimum Gasteiger partial charge on any atom is -0.368 e. The largest absolute Gasteiger partial charge is 0.416 e. The lowest BCUT2D eigenvalue weighted by molar-refractivity contribution is -0.137. The van der Waals surface area contributed by atoms with Gasteiger partial charge in [0.05, 0.1) is 17.7 Å². The van der Waals surface area contributed by atoms with Gasteiger partial charge in [-0.1, -0.05) is 23.9 Å². The van der Waals surface area contributed by atoms with Crippen LogP contribution >= 0.6 is 11.8 Å². The maximum Gasteiger partial charge on any atom is 0.416 e. The number of carbonyl (C=O) groups excluding carboxylic acids is 3. The zero-order valence-corrected chi connectivity index (χ0v) is 19.0. The Kier molecular flexibility index (Phi) is 7.80. The van der Waals surface area contributed by atoms with Crippen LogP contribution < -0.4 is 11.1 Å². The maximum atomic E-state index is 13.6. The van der Waals surface area contributed by atoms with Crippen molar-refractivity contribution in [1.82, 2.24) is 4.90 Å². The normalized spacial score (nSPS) is 11.1. The zero-order chi connectivity index (χ0) is 25.8. The van der Waals surface area contributed by atoms with Crippen LogP contribution in [0.15, 0.2) is 76.5 Å². The van der Waals surface area contributed by atoms with Crippen molar-refractivity contribution in [2.45, 2.75) is 16.0 Å². The van der Waals surface area contributed by atoms with Gasteiger partial charge in [-0.3, -0.25) is 14.4 Å². The van der Waals surface area contributed by atoms with Crippen molar-refractivity contribution >= 4 is 35.2 Å². The Morgan fingerprint density at radius 2 is 1.71 bits per heavy atom. The molecule has 0 atom stereocenters. The zero-order valence-electron chi connectivity index (χ0n) is 18.2. The van der Waals surface area contributed by atoms with Crippen molar-refractivity contribution in [3.8, 4) is 0 Å². The first kappa shape index (κ1) is 25.8. The molecule has 11 heteroatoms. The number of halogens is 4. The molecule has 0 radical (unpaired) electrons. The van der Waals surface area contributed by atoms with E-state index in [4.69, 9.17) is 5.73 Å².